The van der Waals surface area contributed by atoms with Gasteiger partial charge in [-0.3, -0.25) is 14.4 Å². The molecule has 0 aromatic carbocycles. The molecule has 0 atom stereocenters. The van der Waals surface area contributed by atoms with Gasteiger partial charge >= 0.3 is 5.97 Å². The highest BCUT2D eigenvalue weighted by Gasteiger charge is 2.04. The summed E-state index contributed by atoms with van der Waals surface area (Å²) in [5.41, 5.74) is 10.8. The number of thioether (sulfide) groups is 3. The Labute approximate surface area is 405 Å². The van der Waals surface area contributed by atoms with Crippen LogP contribution in [-0.2, 0) is 19.1 Å². The van der Waals surface area contributed by atoms with E-state index in [4.69, 9.17) is 36.6 Å². The van der Waals surface area contributed by atoms with E-state index in [-0.39, 0.29) is 31.0 Å². The number of nitrogens with two attached hydrogens (primary N) is 2. The molecule has 64 heavy (non-hydrogen) atoms. The number of carbonyl (C=O) groups excluding carboxylic acids is 3. The van der Waals surface area contributed by atoms with E-state index in [0.29, 0.717) is 65.0 Å². The van der Waals surface area contributed by atoms with Gasteiger partial charge in [0.2, 0.25) is 11.8 Å². The molecule has 0 spiro atoms. The number of aliphatic hydroxyl groups is 4. The van der Waals surface area contributed by atoms with Gasteiger partial charge in [-0.15, -0.1) is 0 Å². The molecule has 0 rings (SSSR count). The van der Waals surface area contributed by atoms with Crippen molar-refractivity contribution in [3.8, 4) is 0 Å². The summed E-state index contributed by atoms with van der Waals surface area (Å²) in [6.07, 6.45) is 34.5. The van der Waals surface area contributed by atoms with Gasteiger partial charge in [-0.2, -0.15) is 35.3 Å². The van der Waals surface area contributed by atoms with Crippen molar-refractivity contribution in [3.63, 3.8) is 0 Å². The lowest BCUT2D eigenvalue weighted by Crippen LogP contribution is -2.24. The fourth-order valence-electron chi connectivity index (χ4n) is 6.46. The number of hydrogen-bond acceptors (Lipinski definition) is 13. The van der Waals surface area contributed by atoms with Crippen LogP contribution >= 0.6 is 35.3 Å². The summed E-state index contributed by atoms with van der Waals surface area (Å²) in [6, 6.07) is 0. The van der Waals surface area contributed by atoms with Crippen LogP contribution in [0.3, 0.4) is 0 Å². The maximum atomic E-state index is 11.5. The lowest BCUT2D eigenvalue weighted by molar-refractivity contribution is -0.144. The molecule has 0 fully saturated rings. The predicted octanol–water partition coefficient (Wildman–Crippen LogP) is 8.91. The Hall–Kier alpha value is -0.780. The van der Waals surface area contributed by atoms with Gasteiger partial charge < -0.3 is 47.3 Å². The summed E-state index contributed by atoms with van der Waals surface area (Å²) in [5.74, 6) is 6.61. The fraction of sp³-hybridized carbons (Fsp3) is 0.939. The van der Waals surface area contributed by atoms with E-state index in [1.165, 1.54) is 139 Å². The number of carbonyl (C=O) groups is 3. The third-order valence-corrected chi connectivity index (χ3v) is 13.4. The summed E-state index contributed by atoms with van der Waals surface area (Å²) in [6.45, 7) is 4.02. The van der Waals surface area contributed by atoms with Crippen LogP contribution in [0.1, 0.15) is 199 Å². The van der Waals surface area contributed by atoms with Gasteiger partial charge in [-0.1, -0.05) is 116 Å². The topological polar surface area (TPSA) is 217 Å². The maximum Gasteiger partial charge on any atom is 0.305 e. The normalized spacial score (nSPS) is 10.8. The summed E-state index contributed by atoms with van der Waals surface area (Å²) < 4.78 is 4.97. The van der Waals surface area contributed by atoms with Crippen LogP contribution in [0, 0.1) is 0 Å². The van der Waals surface area contributed by atoms with E-state index in [1.807, 2.05) is 35.3 Å². The Morgan fingerprint density at radius 3 is 1.09 bits per heavy atom. The quantitative estimate of drug-likeness (QED) is 0.0211. The number of rotatable bonds is 49. The van der Waals surface area contributed by atoms with Crippen molar-refractivity contribution in [1.82, 2.24) is 10.6 Å². The molecule has 0 unspecified atom stereocenters. The van der Waals surface area contributed by atoms with Crippen molar-refractivity contribution in [1.29, 1.82) is 0 Å². The molecule has 15 heteroatoms. The Morgan fingerprint density at radius 2 is 0.719 bits per heavy atom. The molecule has 12 nitrogen and oxygen atoms in total. The smallest absolute Gasteiger partial charge is 0.305 e. The van der Waals surface area contributed by atoms with Crippen LogP contribution in [0.2, 0.25) is 0 Å². The van der Waals surface area contributed by atoms with Crippen molar-refractivity contribution < 1.29 is 39.5 Å². The molecule has 0 bridgehead atoms. The van der Waals surface area contributed by atoms with Crippen molar-refractivity contribution in [2.24, 2.45) is 11.5 Å². The van der Waals surface area contributed by atoms with Gasteiger partial charge in [0.25, 0.3) is 0 Å². The molecule has 384 valence electrons. The van der Waals surface area contributed by atoms with Crippen LogP contribution in [0.5, 0.6) is 0 Å². The van der Waals surface area contributed by atoms with E-state index in [0.717, 1.165) is 75.3 Å². The minimum absolute atomic E-state index is 0.0823. The van der Waals surface area contributed by atoms with Gasteiger partial charge in [0, 0.05) is 75.8 Å². The molecule has 0 heterocycles. The SMILES string of the molecule is NCCCCNC(=O)CCCCCCCCCCSCCO.NCCSCCCCCCCCCCC(=O)OCCCO.O=C(CCCCCCCCCCSCCO)NCCCO. The van der Waals surface area contributed by atoms with E-state index < -0.39 is 0 Å². The lowest BCUT2D eigenvalue weighted by Gasteiger charge is -2.05. The highest BCUT2D eigenvalue weighted by Crippen LogP contribution is 2.14. The third-order valence-electron chi connectivity index (χ3n) is 10.2. The van der Waals surface area contributed by atoms with E-state index >= 15 is 0 Å². The first kappa shape index (κ1) is 67.5. The van der Waals surface area contributed by atoms with Crippen molar-refractivity contribution >= 4 is 53.1 Å². The maximum absolute atomic E-state index is 11.5. The van der Waals surface area contributed by atoms with Gasteiger partial charge in [-0.25, -0.2) is 0 Å². The number of unbranched alkanes of at least 4 members (excludes halogenated alkanes) is 22. The largest absolute Gasteiger partial charge is 0.466 e. The van der Waals surface area contributed by atoms with Crippen LogP contribution in [0.25, 0.3) is 0 Å². The first-order valence-corrected chi connectivity index (χ1v) is 29.2. The molecule has 0 radical (unpaired) electrons. The van der Waals surface area contributed by atoms with E-state index in [9.17, 15) is 14.4 Å². The molecular weight excluding hydrogens is 869 g/mol. The molecule has 0 aromatic heterocycles. The number of amides is 2. The lowest BCUT2D eigenvalue weighted by atomic mass is 10.1. The first-order valence-electron chi connectivity index (χ1n) is 25.7. The Bertz CT molecular complexity index is 872. The summed E-state index contributed by atoms with van der Waals surface area (Å²) in [7, 11) is 0. The number of aliphatic hydroxyl groups excluding tert-OH is 4. The zero-order valence-electron chi connectivity index (χ0n) is 40.8. The van der Waals surface area contributed by atoms with Gasteiger partial charge in [0.1, 0.15) is 0 Å². The monoisotopic (exact) mass is 971 g/mol. The van der Waals surface area contributed by atoms with Crippen molar-refractivity contribution in [2.45, 2.75) is 199 Å². The average Bonchev–Trinajstić information content (AvgIpc) is 3.29. The molecule has 2 amide bonds. The fourth-order valence-corrected chi connectivity index (χ4v) is 8.72. The number of nitrogens with one attached hydrogen (secondary N) is 2. The molecule has 0 aromatic rings. The Balaban J connectivity index is -0.000000872. The molecule has 0 aliphatic heterocycles. The molecule has 0 aliphatic rings. The molecular formula is C49H102N4O8S3. The van der Waals surface area contributed by atoms with E-state index in [2.05, 4.69) is 10.6 Å². The second kappa shape index (κ2) is 64.3. The highest BCUT2D eigenvalue weighted by atomic mass is 32.2. The summed E-state index contributed by atoms with van der Waals surface area (Å²) in [4.78, 5) is 34.2. The number of esters is 1. The molecule has 0 saturated carbocycles. The molecule has 0 saturated heterocycles. The summed E-state index contributed by atoms with van der Waals surface area (Å²) >= 11 is 5.64. The minimum Gasteiger partial charge on any atom is -0.466 e. The number of ether oxygens (including phenoxy) is 1. The first-order chi connectivity index (χ1) is 31.4. The van der Waals surface area contributed by atoms with Gasteiger partial charge in [0.05, 0.1) is 19.8 Å². The molecule has 0 aliphatic carbocycles. The van der Waals surface area contributed by atoms with Gasteiger partial charge in [0.15, 0.2) is 0 Å². The Morgan fingerprint density at radius 1 is 0.359 bits per heavy atom. The number of hydrogen-bond donors (Lipinski definition) is 8. The van der Waals surface area contributed by atoms with E-state index in [1.54, 1.807) is 0 Å². The minimum atomic E-state index is -0.126. The van der Waals surface area contributed by atoms with Crippen molar-refractivity contribution in [2.75, 3.05) is 93.7 Å². The third kappa shape index (κ3) is 67.8. The average molecular weight is 972 g/mol. The second-order valence-corrected chi connectivity index (χ2v) is 20.1. The highest BCUT2D eigenvalue weighted by molar-refractivity contribution is 7.99. The summed E-state index contributed by atoms with van der Waals surface area (Å²) in [5, 5.41) is 40.2. The van der Waals surface area contributed by atoms with Gasteiger partial charge in [-0.05, 0) is 81.6 Å². The van der Waals surface area contributed by atoms with Crippen molar-refractivity contribution in [3.05, 3.63) is 0 Å². The van der Waals surface area contributed by atoms with Crippen LogP contribution < -0.4 is 22.1 Å². The van der Waals surface area contributed by atoms with Crippen LogP contribution in [-0.4, -0.2) is 132 Å². The zero-order chi connectivity index (χ0) is 47.5. The predicted molar refractivity (Wildman–Crippen MR) is 279 cm³/mol. The standard InChI is InChI=1S/C17H36N2O2S.2C16H33NO3S/c18-12-8-9-13-19-17(21)11-7-5-3-1-2-4-6-10-15-22-16-14-20;17-11-15-21-14-8-6-4-2-1-3-5-7-10-16(19)20-13-9-12-18;18-12-9-11-17-16(20)10-7-5-3-1-2-4-6-8-14-21-15-13-19/h20H,1-16,18H2,(H,19,21);18H,1-15,17H2;18-19H,1-15H2,(H,17,20). The Kier molecular flexibility index (Phi) is 67.8. The second-order valence-electron chi connectivity index (χ2n) is 16.4. The molecule has 10 N–H and O–H groups in total. The van der Waals surface area contributed by atoms with Crippen LogP contribution in [0.4, 0.5) is 0 Å². The van der Waals surface area contributed by atoms with Crippen LogP contribution in [0.15, 0.2) is 0 Å². The zero-order valence-corrected chi connectivity index (χ0v) is 43.3.